The summed E-state index contributed by atoms with van der Waals surface area (Å²) in [4.78, 5) is 24.5. The number of carboxylic acids is 1. The zero-order chi connectivity index (χ0) is 26.8. The molecule has 2 unspecified atom stereocenters. The van der Waals surface area contributed by atoms with Crippen molar-refractivity contribution in [3.8, 4) is 0 Å². The average Bonchev–Trinajstić information content (AvgIpc) is 3.25. The molecule has 1 aliphatic carbocycles. The van der Waals surface area contributed by atoms with Gasteiger partial charge in [-0.1, -0.05) is 36.7 Å². The molecule has 198 valence electrons. The summed E-state index contributed by atoms with van der Waals surface area (Å²) in [6.45, 7) is 1.82. The Morgan fingerprint density at radius 1 is 1.27 bits per heavy atom. The second-order valence-electron chi connectivity index (χ2n) is 8.68. The van der Waals surface area contributed by atoms with Gasteiger partial charge in [-0.25, -0.2) is 22.4 Å². The number of hydrogen-bond donors (Lipinski definition) is 2. The van der Waals surface area contributed by atoms with Crippen molar-refractivity contribution >= 4 is 39.3 Å². The first-order chi connectivity index (χ1) is 17.5. The van der Waals surface area contributed by atoms with Crippen LogP contribution >= 0.6 is 11.6 Å². The van der Waals surface area contributed by atoms with Crippen molar-refractivity contribution in [2.75, 3.05) is 17.9 Å². The molecule has 12 heteroatoms. The number of hydrogen-bond acceptors (Lipinski definition) is 7. The maximum absolute atomic E-state index is 13.3. The fourth-order valence-electron chi connectivity index (χ4n) is 4.36. The molecular formula is C25H25ClFNO8S. The number of sulfonamides is 1. The van der Waals surface area contributed by atoms with Crippen molar-refractivity contribution in [3.05, 3.63) is 76.1 Å². The first kappa shape index (κ1) is 27.1. The fourth-order valence-corrected chi connectivity index (χ4v) is 6.18. The summed E-state index contributed by atoms with van der Waals surface area (Å²) in [6.07, 6.45) is 1.03. The van der Waals surface area contributed by atoms with E-state index in [-0.39, 0.29) is 36.8 Å². The van der Waals surface area contributed by atoms with Crippen LogP contribution in [0.1, 0.15) is 35.7 Å². The molecule has 37 heavy (non-hydrogen) atoms. The van der Waals surface area contributed by atoms with E-state index >= 15 is 0 Å². The van der Waals surface area contributed by atoms with Crippen LogP contribution in [-0.2, 0) is 35.4 Å². The maximum Gasteiger partial charge on any atom is 0.338 e. The molecule has 3 atom stereocenters. The van der Waals surface area contributed by atoms with Crippen LogP contribution in [0, 0.1) is 5.82 Å². The molecule has 1 spiro atoms. The fraction of sp³-hybridized carbons (Fsp3) is 0.360. The third kappa shape index (κ3) is 5.96. The third-order valence-electron chi connectivity index (χ3n) is 6.18. The molecular weight excluding hydrogens is 529 g/mol. The molecule has 2 aromatic carbocycles. The quantitative estimate of drug-likeness (QED) is 0.471. The first-order valence-corrected chi connectivity index (χ1v) is 13.5. The second-order valence-corrected chi connectivity index (χ2v) is 10.9. The number of benzene rings is 2. The number of aliphatic carboxylic acids is 1. The number of carbonyl (C=O) groups excluding carboxylic acids is 1. The number of ether oxygens (including phenoxy) is 3. The average molecular weight is 554 g/mol. The van der Waals surface area contributed by atoms with Crippen molar-refractivity contribution < 1.29 is 41.7 Å². The Hall–Kier alpha value is -2.99. The van der Waals surface area contributed by atoms with Crippen LogP contribution in [0.3, 0.4) is 0 Å². The highest BCUT2D eigenvalue weighted by Gasteiger charge is 2.48. The van der Waals surface area contributed by atoms with E-state index in [0.717, 1.165) is 29.8 Å². The number of halogens is 2. The number of carbonyl (C=O) groups is 2. The van der Waals surface area contributed by atoms with Crippen LogP contribution in [0.25, 0.3) is 0 Å². The minimum absolute atomic E-state index is 0.0208. The number of anilines is 1. The topological polar surface area (TPSA) is 128 Å². The van der Waals surface area contributed by atoms with Gasteiger partial charge in [0.15, 0.2) is 5.79 Å². The Morgan fingerprint density at radius 2 is 2.03 bits per heavy atom. The van der Waals surface area contributed by atoms with Gasteiger partial charge >= 0.3 is 11.9 Å². The molecule has 1 fully saturated rings. The summed E-state index contributed by atoms with van der Waals surface area (Å²) < 4.78 is 58.7. The molecule has 1 aliphatic heterocycles. The number of rotatable bonds is 8. The number of esters is 1. The molecule has 2 aromatic rings. The van der Waals surface area contributed by atoms with Crippen LogP contribution in [0.15, 0.2) is 54.1 Å². The van der Waals surface area contributed by atoms with Gasteiger partial charge in [-0.05, 0) is 48.7 Å². The summed E-state index contributed by atoms with van der Waals surface area (Å²) in [5.41, 5.74) is 0.780. The van der Waals surface area contributed by atoms with Crippen LogP contribution in [0.5, 0.6) is 0 Å². The van der Waals surface area contributed by atoms with E-state index in [2.05, 4.69) is 4.72 Å². The summed E-state index contributed by atoms with van der Waals surface area (Å²) in [5, 5.41) is 8.17. The second kappa shape index (κ2) is 10.8. The van der Waals surface area contributed by atoms with Crippen molar-refractivity contribution in [1.82, 2.24) is 0 Å². The lowest BCUT2D eigenvalue weighted by molar-refractivity contribution is -0.146. The molecule has 0 aromatic heterocycles. The molecule has 0 radical (unpaired) electrons. The molecule has 1 saturated heterocycles. The van der Waals surface area contributed by atoms with Crippen LogP contribution in [0.2, 0.25) is 5.02 Å². The number of carboxylic acid groups (broad SMARTS) is 1. The maximum atomic E-state index is 13.3. The lowest BCUT2D eigenvalue weighted by Gasteiger charge is -2.33. The highest BCUT2D eigenvalue weighted by atomic mass is 35.5. The van der Waals surface area contributed by atoms with Gasteiger partial charge in [0.05, 0.1) is 28.5 Å². The van der Waals surface area contributed by atoms with Gasteiger partial charge in [0.2, 0.25) is 10.0 Å². The van der Waals surface area contributed by atoms with Crippen molar-refractivity contribution in [1.29, 1.82) is 0 Å². The van der Waals surface area contributed by atoms with Crippen molar-refractivity contribution in [2.45, 2.75) is 43.3 Å². The summed E-state index contributed by atoms with van der Waals surface area (Å²) >= 11 is 5.92. The Kier molecular flexibility index (Phi) is 7.88. The zero-order valence-electron chi connectivity index (χ0n) is 19.8. The summed E-state index contributed by atoms with van der Waals surface area (Å²) in [6, 6.07) is 10.2. The minimum Gasteiger partial charge on any atom is -0.478 e. The van der Waals surface area contributed by atoms with Crippen molar-refractivity contribution in [3.63, 3.8) is 0 Å². The lowest BCUT2D eigenvalue weighted by Crippen LogP contribution is -2.42. The summed E-state index contributed by atoms with van der Waals surface area (Å²) in [5.74, 6) is -4.09. The monoisotopic (exact) mass is 553 g/mol. The van der Waals surface area contributed by atoms with E-state index in [0.29, 0.717) is 12.0 Å². The predicted molar refractivity (Wildman–Crippen MR) is 132 cm³/mol. The molecule has 0 bridgehead atoms. The SMILES string of the molecule is CCc1ccccc1C(=O)OC[C@@H]1COC2(C=C(C(=O)O)C(S(=O)(=O)Nc3ccc(F)cc3Cl)CC2)O1. The third-order valence-corrected chi connectivity index (χ3v) is 8.24. The van der Waals surface area contributed by atoms with Gasteiger partial charge in [-0.2, -0.15) is 0 Å². The molecule has 0 amide bonds. The molecule has 1 heterocycles. The Balaban J connectivity index is 1.46. The largest absolute Gasteiger partial charge is 0.478 e. The van der Waals surface area contributed by atoms with Crippen molar-refractivity contribution in [2.24, 2.45) is 0 Å². The highest BCUT2D eigenvalue weighted by Crippen LogP contribution is 2.39. The smallest absolute Gasteiger partial charge is 0.338 e. The van der Waals surface area contributed by atoms with Gasteiger partial charge in [0.25, 0.3) is 0 Å². The van der Waals surface area contributed by atoms with Crippen LogP contribution < -0.4 is 4.72 Å². The van der Waals surface area contributed by atoms with Crippen LogP contribution in [-0.4, -0.2) is 55.8 Å². The standard InChI is InChI=1S/C25H25ClFNO8S/c1-2-15-5-3-4-6-18(15)24(31)34-13-17-14-35-25(36-17)10-9-22(19(12-25)23(29)30)37(32,33)28-21-8-7-16(27)11-20(21)26/h3-8,11-12,17,22,28H,2,9-10,13-14H2,1H3,(H,29,30)/t17-,22?,25?/m1/s1. The highest BCUT2D eigenvalue weighted by molar-refractivity contribution is 7.93. The Labute approximate surface area is 218 Å². The van der Waals surface area contributed by atoms with E-state index in [9.17, 15) is 27.5 Å². The van der Waals surface area contributed by atoms with E-state index in [1.165, 1.54) is 0 Å². The molecule has 0 saturated carbocycles. The summed E-state index contributed by atoms with van der Waals surface area (Å²) in [7, 11) is -4.27. The van der Waals surface area contributed by atoms with Gasteiger partial charge in [0.1, 0.15) is 23.8 Å². The molecule has 4 rings (SSSR count). The van der Waals surface area contributed by atoms with Gasteiger partial charge < -0.3 is 19.3 Å². The Morgan fingerprint density at radius 3 is 2.73 bits per heavy atom. The molecule has 2 aliphatic rings. The normalized spacial score (nSPS) is 23.5. The number of aryl methyl sites for hydroxylation is 1. The van der Waals surface area contributed by atoms with Gasteiger partial charge in [0, 0.05) is 6.42 Å². The van der Waals surface area contributed by atoms with E-state index in [1.54, 1.807) is 12.1 Å². The van der Waals surface area contributed by atoms with E-state index in [4.69, 9.17) is 25.8 Å². The number of nitrogens with one attached hydrogen (secondary N) is 1. The van der Waals surface area contributed by atoms with Gasteiger partial charge in [-0.3, -0.25) is 4.72 Å². The molecule has 9 nitrogen and oxygen atoms in total. The van der Waals surface area contributed by atoms with Gasteiger partial charge in [-0.15, -0.1) is 0 Å². The molecule has 2 N–H and O–H groups in total. The van der Waals surface area contributed by atoms with Crippen LogP contribution in [0.4, 0.5) is 10.1 Å². The lowest BCUT2D eigenvalue weighted by atomic mass is 9.94. The minimum atomic E-state index is -4.27. The predicted octanol–water partition coefficient (Wildman–Crippen LogP) is 3.93. The van der Waals surface area contributed by atoms with E-state index < -0.39 is 50.5 Å². The Bertz CT molecular complexity index is 1350. The first-order valence-electron chi connectivity index (χ1n) is 11.5. The van der Waals surface area contributed by atoms with E-state index in [1.807, 2.05) is 19.1 Å². The zero-order valence-corrected chi connectivity index (χ0v) is 21.4.